The van der Waals surface area contributed by atoms with Gasteiger partial charge in [-0.3, -0.25) is 24.1 Å². The fraction of sp³-hybridized carbons (Fsp3) is 0.308. The van der Waals surface area contributed by atoms with Crippen LogP contribution < -0.4 is 14.8 Å². The summed E-state index contributed by atoms with van der Waals surface area (Å²) in [7, 11) is 1.44. The number of anilines is 1. The molecule has 0 aromatic heterocycles. The van der Waals surface area contributed by atoms with Crippen molar-refractivity contribution < 1.29 is 33.0 Å². The highest BCUT2D eigenvalue weighted by Gasteiger charge is 2.37. The number of hydrogen-bond acceptors (Lipinski definition) is 7. The highest BCUT2D eigenvalue weighted by atomic mass is 32.2. The Morgan fingerprint density at radius 3 is 2.51 bits per heavy atom. The molecule has 0 unspecified atom stereocenters. The van der Waals surface area contributed by atoms with Crippen LogP contribution in [0.1, 0.15) is 24.8 Å². The number of nitrogens with one attached hydrogen (secondary N) is 1. The van der Waals surface area contributed by atoms with Crippen LogP contribution >= 0.6 is 11.8 Å². The van der Waals surface area contributed by atoms with E-state index >= 15 is 0 Å². The molecule has 4 rings (SSSR count). The first-order valence-electron chi connectivity index (χ1n) is 11.7. The Bertz CT molecular complexity index is 1230. The summed E-state index contributed by atoms with van der Waals surface area (Å²) < 4.78 is 24.2. The highest BCUT2D eigenvalue weighted by Crippen LogP contribution is 2.37. The monoisotopic (exact) mass is 527 g/mol. The predicted octanol–water partition coefficient (Wildman–Crippen LogP) is 3.90. The zero-order valence-corrected chi connectivity index (χ0v) is 21.0. The summed E-state index contributed by atoms with van der Waals surface area (Å²) in [4.78, 5) is 53.3. The summed E-state index contributed by atoms with van der Waals surface area (Å²) in [6.45, 7) is 0.575. The molecule has 2 heterocycles. The van der Waals surface area contributed by atoms with Crippen LogP contribution in [0.3, 0.4) is 0 Å². The van der Waals surface area contributed by atoms with Gasteiger partial charge in [-0.1, -0.05) is 12.1 Å². The quantitative estimate of drug-likeness (QED) is 0.519. The Morgan fingerprint density at radius 1 is 1.08 bits per heavy atom. The van der Waals surface area contributed by atoms with Gasteiger partial charge >= 0.3 is 0 Å². The van der Waals surface area contributed by atoms with Crippen LogP contribution in [-0.4, -0.2) is 66.1 Å². The second kappa shape index (κ2) is 11.9. The number of piperidine rings is 1. The number of carbonyl (C=O) groups excluding carboxylic acids is 4. The van der Waals surface area contributed by atoms with Gasteiger partial charge < -0.3 is 19.7 Å². The Morgan fingerprint density at radius 2 is 1.81 bits per heavy atom. The fourth-order valence-corrected chi connectivity index (χ4v) is 4.81. The van der Waals surface area contributed by atoms with Gasteiger partial charge in [0.25, 0.3) is 17.1 Å². The minimum Gasteiger partial charge on any atom is -0.493 e. The first-order valence-corrected chi connectivity index (χ1v) is 12.6. The number of amides is 4. The summed E-state index contributed by atoms with van der Waals surface area (Å²) in [6.07, 6.45) is 4.36. The van der Waals surface area contributed by atoms with Crippen LogP contribution in [0.25, 0.3) is 6.08 Å². The van der Waals surface area contributed by atoms with Crippen molar-refractivity contribution in [3.8, 4) is 11.5 Å². The number of likely N-dealkylation sites (tertiary alicyclic amines) is 1. The van der Waals surface area contributed by atoms with Crippen molar-refractivity contribution in [1.29, 1.82) is 0 Å². The third-order valence-corrected chi connectivity index (χ3v) is 6.77. The summed E-state index contributed by atoms with van der Waals surface area (Å²) in [6, 6.07) is 10.3. The van der Waals surface area contributed by atoms with Gasteiger partial charge in [0.2, 0.25) is 5.91 Å². The van der Waals surface area contributed by atoms with Crippen LogP contribution in [0.4, 0.5) is 14.9 Å². The van der Waals surface area contributed by atoms with E-state index in [0.29, 0.717) is 30.1 Å². The summed E-state index contributed by atoms with van der Waals surface area (Å²) in [5.74, 6) is -1.20. The Labute approximate surface area is 217 Å². The number of halogens is 1. The number of hydrogen-bond donors (Lipinski definition) is 1. The largest absolute Gasteiger partial charge is 0.493 e. The van der Waals surface area contributed by atoms with Crippen molar-refractivity contribution >= 4 is 46.5 Å². The van der Waals surface area contributed by atoms with Gasteiger partial charge in [0, 0.05) is 24.3 Å². The van der Waals surface area contributed by atoms with Crippen LogP contribution in [0.15, 0.2) is 47.4 Å². The Balaban J connectivity index is 1.47. The van der Waals surface area contributed by atoms with Gasteiger partial charge in [0.1, 0.15) is 12.4 Å². The average molecular weight is 528 g/mol. The molecule has 0 aliphatic carbocycles. The van der Waals surface area contributed by atoms with E-state index in [0.717, 1.165) is 35.9 Å². The van der Waals surface area contributed by atoms with Crippen molar-refractivity contribution in [2.45, 2.75) is 19.3 Å². The third kappa shape index (κ3) is 6.48. The molecule has 2 aromatic rings. The molecule has 0 saturated carbocycles. The van der Waals surface area contributed by atoms with Crippen molar-refractivity contribution in [2.24, 2.45) is 0 Å². The van der Waals surface area contributed by atoms with Gasteiger partial charge in [-0.15, -0.1) is 0 Å². The predicted molar refractivity (Wildman–Crippen MR) is 137 cm³/mol. The minimum atomic E-state index is -0.566. The van der Waals surface area contributed by atoms with E-state index in [-0.39, 0.29) is 29.7 Å². The minimum absolute atomic E-state index is 0.130. The maximum absolute atomic E-state index is 13.1. The topological polar surface area (TPSA) is 105 Å². The molecule has 2 saturated heterocycles. The van der Waals surface area contributed by atoms with Crippen molar-refractivity contribution in [3.05, 3.63) is 58.8 Å². The highest BCUT2D eigenvalue weighted by molar-refractivity contribution is 8.18. The number of imide groups is 1. The summed E-state index contributed by atoms with van der Waals surface area (Å²) in [5.41, 5.74) is 0.824. The zero-order valence-electron chi connectivity index (χ0n) is 20.2. The molecule has 1 N–H and O–H groups in total. The lowest BCUT2D eigenvalue weighted by atomic mass is 10.1. The zero-order chi connectivity index (χ0) is 26.4. The van der Waals surface area contributed by atoms with Crippen LogP contribution in [0.2, 0.25) is 0 Å². The number of rotatable bonds is 8. The van der Waals surface area contributed by atoms with E-state index in [1.807, 2.05) is 0 Å². The molecule has 2 aliphatic heterocycles. The van der Waals surface area contributed by atoms with Crippen LogP contribution in [-0.2, 0) is 14.4 Å². The molecule has 0 bridgehead atoms. The molecule has 2 aliphatic rings. The lowest BCUT2D eigenvalue weighted by molar-refractivity contribution is -0.136. The number of benzene rings is 2. The van der Waals surface area contributed by atoms with Gasteiger partial charge in [0.05, 0.1) is 12.0 Å². The van der Waals surface area contributed by atoms with Crippen molar-refractivity contribution in [1.82, 2.24) is 9.80 Å². The molecule has 4 amide bonds. The van der Waals surface area contributed by atoms with E-state index < -0.39 is 22.9 Å². The molecular weight excluding hydrogens is 501 g/mol. The maximum Gasteiger partial charge on any atom is 0.294 e. The molecule has 0 atom stereocenters. The Hall–Kier alpha value is -3.86. The number of carbonyl (C=O) groups is 4. The molecule has 0 radical (unpaired) electrons. The Kier molecular flexibility index (Phi) is 8.44. The van der Waals surface area contributed by atoms with Gasteiger partial charge in [-0.05, 0) is 67.4 Å². The smallest absolute Gasteiger partial charge is 0.294 e. The van der Waals surface area contributed by atoms with Crippen LogP contribution in [0, 0.1) is 5.82 Å². The standard InChI is InChI=1S/C26H26FN3O6S/c1-35-20-7-5-6-17(24(20)36-16-22(31)28-19-10-8-18(27)9-11-19)14-21-25(33)30(26(34)37-21)15-23(32)29-12-3-2-4-13-29/h5-11,14H,2-4,12-13,15-16H2,1H3,(H,28,31)/b21-14-. The summed E-state index contributed by atoms with van der Waals surface area (Å²) >= 11 is 0.736. The second-order valence-electron chi connectivity index (χ2n) is 8.43. The fourth-order valence-electron chi connectivity index (χ4n) is 3.99. The molecule has 2 fully saturated rings. The number of methoxy groups -OCH3 is 1. The van der Waals surface area contributed by atoms with Gasteiger partial charge in [0.15, 0.2) is 18.1 Å². The lowest BCUT2D eigenvalue weighted by Crippen LogP contribution is -2.44. The molecule has 9 nitrogen and oxygen atoms in total. The maximum atomic E-state index is 13.1. The SMILES string of the molecule is COc1cccc(/C=C2\SC(=O)N(CC(=O)N3CCCCC3)C2=O)c1OCC(=O)Nc1ccc(F)cc1. The summed E-state index contributed by atoms with van der Waals surface area (Å²) in [5, 5.41) is 2.08. The first-order chi connectivity index (χ1) is 17.9. The van der Waals surface area contributed by atoms with E-state index in [2.05, 4.69) is 5.32 Å². The van der Waals surface area contributed by atoms with E-state index in [1.54, 1.807) is 23.1 Å². The number of para-hydroxylation sites is 1. The first kappa shape index (κ1) is 26.2. The molecular formula is C26H26FN3O6S. The second-order valence-corrected chi connectivity index (χ2v) is 9.42. The molecule has 0 spiro atoms. The van der Waals surface area contributed by atoms with Crippen LogP contribution in [0.5, 0.6) is 11.5 Å². The van der Waals surface area contributed by atoms with Gasteiger partial charge in [-0.25, -0.2) is 4.39 Å². The van der Waals surface area contributed by atoms with Crippen molar-refractivity contribution in [2.75, 3.05) is 38.7 Å². The number of ether oxygens (including phenoxy) is 2. The van der Waals surface area contributed by atoms with E-state index in [4.69, 9.17) is 9.47 Å². The molecule has 37 heavy (non-hydrogen) atoms. The normalized spacial score (nSPS) is 16.8. The molecule has 11 heteroatoms. The number of nitrogens with zero attached hydrogens (tertiary/aromatic N) is 2. The molecule has 194 valence electrons. The van der Waals surface area contributed by atoms with E-state index in [1.165, 1.54) is 37.5 Å². The van der Waals surface area contributed by atoms with Crippen molar-refractivity contribution in [3.63, 3.8) is 0 Å². The average Bonchev–Trinajstić information content (AvgIpc) is 3.16. The van der Waals surface area contributed by atoms with Gasteiger partial charge in [-0.2, -0.15) is 0 Å². The molecule has 2 aromatic carbocycles. The lowest BCUT2D eigenvalue weighted by Gasteiger charge is -2.27. The third-order valence-electron chi connectivity index (χ3n) is 5.87. The van der Waals surface area contributed by atoms with E-state index in [9.17, 15) is 23.6 Å². The number of thioether (sulfide) groups is 1.